The van der Waals surface area contributed by atoms with Crippen LogP contribution in [-0.2, 0) is 36.2 Å². The summed E-state index contributed by atoms with van der Waals surface area (Å²) >= 11 is 0. The van der Waals surface area contributed by atoms with Crippen LogP contribution in [0.25, 0.3) is 0 Å². The molecule has 9 fully saturated rings. The van der Waals surface area contributed by atoms with Gasteiger partial charge in [-0.2, -0.15) is 6.42 Å². The first-order valence-corrected chi connectivity index (χ1v) is 21.2. The van der Waals surface area contributed by atoms with E-state index in [2.05, 4.69) is 49.0 Å². The number of nitrogens with one attached hydrogen (secondary N) is 8. The molecule has 0 spiro atoms. The molecule has 0 aromatic heterocycles. The fourth-order valence-electron chi connectivity index (χ4n) is 12.3. The van der Waals surface area contributed by atoms with Gasteiger partial charge in [0.25, 0.3) is 0 Å². The number of fused-ring (bicyclic) bond motifs is 20. The topological polar surface area (TPSA) is 130 Å². The van der Waals surface area contributed by atoms with Gasteiger partial charge in [-0.05, 0) is 90.7 Å². The van der Waals surface area contributed by atoms with E-state index in [1.54, 1.807) is 30.3 Å². The zero-order valence-corrected chi connectivity index (χ0v) is 31.1. The molecule has 4 aliphatic carbocycles. The number of hydrogen-bond donors (Lipinski definition) is 8. The van der Waals surface area contributed by atoms with Crippen molar-refractivity contribution in [2.45, 2.75) is 151 Å². The summed E-state index contributed by atoms with van der Waals surface area (Å²) < 4.78 is 20.4. The minimum atomic E-state index is -2.08. The largest absolute Gasteiger partial charge is 2.00 e. The molecule has 8 bridgehead atoms. The Balaban J connectivity index is 0.000000318. The van der Waals surface area contributed by atoms with Crippen LogP contribution in [-0.4, -0.2) is 49.3 Å². The molecule has 9 aliphatic rings. The first-order valence-electron chi connectivity index (χ1n) is 20.2. The molecule has 1 radical (unpaired) electrons. The second kappa shape index (κ2) is 16.0. The van der Waals surface area contributed by atoms with Crippen LogP contribution in [0.4, 0.5) is 0 Å². The Hall–Kier alpha value is -0.631. The second-order valence-corrected chi connectivity index (χ2v) is 17.9. The molecule has 0 amide bonds. The minimum absolute atomic E-state index is 0. The van der Waals surface area contributed by atoms with Crippen molar-refractivity contribution < 1.29 is 25.5 Å². The number of hydrogen-bond acceptors (Lipinski definition) is 11. The molecule has 281 valence electrons. The van der Waals surface area contributed by atoms with Gasteiger partial charge >= 0.3 is 17.1 Å². The van der Waals surface area contributed by atoms with Crippen LogP contribution in [0.3, 0.4) is 0 Å². The van der Waals surface area contributed by atoms with Crippen molar-refractivity contribution in [2.24, 2.45) is 47.3 Å². The van der Waals surface area contributed by atoms with Crippen LogP contribution < -0.4 is 42.5 Å². The fourth-order valence-corrected chi connectivity index (χ4v) is 12.6. The van der Waals surface area contributed by atoms with Crippen molar-refractivity contribution in [1.29, 1.82) is 0 Å². The summed E-state index contributed by atoms with van der Waals surface area (Å²) in [6.45, 7) is 0. The van der Waals surface area contributed by atoms with Gasteiger partial charge in [0, 0.05) is 6.17 Å². The summed E-state index contributed by atoms with van der Waals surface area (Å²) in [4.78, 5) is 0.331. The van der Waals surface area contributed by atoms with Crippen LogP contribution in [0, 0.1) is 53.8 Å². The quantitative estimate of drug-likeness (QED) is 0.122. The molecule has 8 N–H and O–H groups in total. The van der Waals surface area contributed by atoms with Crippen LogP contribution in [0.5, 0.6) is 0 Å². The monoisotopic (exact) mass is 755 g/mol. The van der Waals surface area contributed by atoms with E-state index in [1.165, 1.54) is 96.3 Å². The molecular formula is C38H60CuN8O2S. The summed E-state index contributed by atoms with van der Waals surface area (Å²) in [5, 5.41) is 33.7. The maximum absolute atomic E-state index is 10.2. The van der Waals surface area contributed by atoms with E-state index < -0.39 is 10.7 Å². The molecule has 16 unspecified atom stereocenters. The summed E-state index contributed by atoms with van der Waals surface area (Å²) in [7, 11) is -2.08. The zero-order chi connectivity index (χ0) is 32.9. The number of rotatable bonds is 1. The summed E-state index contributed by atoms with van der Waals surface area (Å²) in [6.07, 6.45) is 26.4. The van der Waals surface area contributed by atoms with Gasteiger partial charge < -0.3 is 14.8 Å². The molecular weight excluding hydrogens is 696 g/mol. The summed E-state index contributed by atoms with van der Waals surface area (Å²) in [5.41, 5.74) is 0. The van der Waals surface area contributed by atoms with E-state index in [0.29, 0.717) is 66.1 Å². The third-order valence-corrected chi connectivity index (χ3v) is 15.1. The SMILES string of the molecule is O=[S-](=O)c1ccccc1.[CH-]1CCCC2C3NC(NC4NC(NC5NC(NC6NC(N3)C3CCCCC63)C3CCCCC53)C3CCCCC43)C12.[Cu+2]. The Morgan fingerprint density at radius 1 is 0.440 bits per heavy atom. The Labute approximate surface area is 312 Å². The van der Waals surface area contributed by atoms with E-state index in [1.807, 2.05) is 0 Å². The van der Waals surface area contributed by atoms with Crippen molar-refractivity contribution in [3.63, 3.8) is 0 Å². The average Bonchev–Trinajstić information content (AvgIpc) is 3.88. The third-order valence-electron chi connectivity index (χ3n) is 14.5. The number of benzene rings is 1. The van der Waals surface area contributed by atoms with Gasteiger partial charge in [0.15, 0.2) is 0 Å². The second-order valence-electron chi connectivity index (χ2n) is 16.9. The minimum Gasteiger partial charge on any atom is -0.420 e. The first-order chi connectivity index (χ1) is 24.1. The van der Waals surface area contributed by atoms with Gasteiger partial charge in [-0.25, -0.2) is 0 Å². The van der Waals surface area contributed by atoms with Gasteiger partial charge in [-0.15, -0.1) is 5.92 Å². The molecule has 4 saturated carbocycles. The van der Waals surface area contributed by atoms with E-state index >= 15 is 0 Å². The van der Waals surface area contributed by atoms with Gasteiger partial charge in [0.05, 0.1) is 43.2 Å². The van der Waals surface area contributed by atoms with Gasteiger partial charge in [0.1, 0.15) is 0 Å². The summed E-state index contributed by atoms with van der Waals surface area (Å²) in [6, 6.07) is 8.23. The van der Waals surface area contributed by atoms with Crippen LogP contribution >= 0.6 is 0 Å². The van der Waals surface area contributed by atoms with Crippen molar-refractivity contribution >= 4 is 10.7 Å². The van der Waals surface area contributed by atoms with Crippen LogP contribution in [0.1, 0.15) is 96.3 Å². The smallest absolute Gasteiger partial charge is 0.420 e. The molecule has 5 heterocycles. The molecule has 50 heavy (non-hydrogen) atoms. The van der Waals surface area contributed by atoms with E-state index in [4.69, 9.17) is 0 Å². The average molecular weight is 757 g/mol. The maximum atomic E-state index is 10.2. The Kier molecular flexibility index (Phi) is 11.6. The van der Waals surface area contributed by atoms with Crippen LogP contribution in [0.15, 0.2) is 35.2 Å². The van der Waals surface area contributed by atoms with E-state index in [9.17, 15) is 8.42 Å². The van der Waals surface area contributed by atoms with Gasteiger partial charge in [-0.1, -0.05) is 86.6 Å². The van der Waals surface area contributed by atoms with Crippen molar-refractivity contribution in [3.05, 3.63) is 36.8 Å². The molecule has 10 rings (SSSR count). The van der Waals surface area contributed by atoms with Crippen LogP contribution in [0.2, 0.25) is 0 Å². The first kappa shape index (κ1) is 36.4. The molecule has 1 aromatic rings. The molecule has 12 heteroatoms. The Morgan fingerprint density at radius 3 is 1.10 bits per heavy atom. The predicted molar refractivity (Wildman–Crippen MR) is 190 cm³/mol. The third kappa shape index (κ3) is 7.15. The Morgan fingerprint density at radius 2 is 0.760 bits per heavy atom. The van der Waals surface area contributed by atoms with E-state index in [-0.39, 0.29) is 17.1 Å². The van der Waals surface area contributed by atoms with Gasteiger partial charge in [0.2, 0.25) is 0 Å². The van der Waals surface area contributed by atoms with Crippen molar-refractivity contribution in [2.75, 3.05) is 0 Å². The molecule has 5 aliphatic heterocycles. The maximum Gasteiger partial charge on any atom is 2.00 e. The molecule has 5 saturated heterocycles. The summed E-state index contributed by atoms with van der Waals surface area (Å²) in [5.74, 6) is 5.74. The zero-order valence-electron chi connectivity index (χ0n) is 29.3. The molecule has 10 nitrogen and oxygen atoms in total. The molecule has 1 aromatic carbocycles. The van der Waals surface area contributed by atoms with Gasteiger partial charge in [-0.3, -0.25) is 42.5 Å². The van der Waals surface area contributed by atoms with Crippen molar-refractivity contribution in [1.82, 2.24) is 42.5 Å². The normalized spacial score (nSPS) is 47.9. The molecule has 16 atom stereocenters. The van der Waals surface area contributed by atoms with E-state index in [0.717, 1.165) is 35.5 Å². The fraction of sp³-hybridized carbons (Fsp3) is 0.816. The predicted octanol–water partition coefficient (Wildman–Crippen LogP) is 3.77. The Bertz CT molecular complexity index is 1140. The standard InChI is InChI=1S/C32H55N8.C6H5O2S.Cu/c1-2-10-18-17(9-1)25-33-26(18)38-28-21-13-5-6-14-22(21)30(35-28)40-32-24-16-8-7-15-23(24)31(36-32)39-29-20-12-4-3-11-19(20)27(34-29)37-25;7-9(8)6-4-2-1-3-5-6;/h9,17-40H,1-8,10-16H2;1-5H;/q2*-1;+2. The van der Waals surface area contributed by atoms with Crippen molar-refractivity contribution in [3.8, 4) is 0 Å².